The number of fused-ring (bicyclic) bond motifs is 3. The summed E-state index contributed by atoms with van der Waals surface area (Å²) in [6.07, 6.45) is -0.136. The summed E-state index contributed by atoms with van der Waals surface area (Å²) in [6.45, 7) is 0.393. The molecule has 0 aliphatic carbocycles. The zero-order valence-corrected chi connectivity index (χ0v) is 9.17. The molecule has 2 heterocycles. The first-order valence-corrected chi connectivity index (χ1v) is 5.64. The van der Waals surface area contributed by atoms with E-state index >= 15 is 0 Å². The molecule has 17 heavy (non-hydrogen) atoms. The molecule has 0 saturated carbocycles. The first kappa shape index (κ1) is 10.6. The fourth-order valence-corrected chi connectivity index (χ4v) is 2.75. The Labute approximate surface area is 98.6 Å². The van der Waals surface area contributed by atoms with Gasteiger partial charge in [-0.15, -0.1) is 0 Å². The highest BCUT2D eigenvalue weighted by Gasteiger charge is 2.47. The van der Waals surface area contributed by atoms with Gasteiger partial charge in [-0.05, 0) is 11.6 Å². The Bertz CT molecular complexity index is 463. The topological polar surface area (TPSA) is 84.6 Å². The third-order valence-electron chi connectivity index (χ3n) is 3.62. The molecule has 0 amide bonds. The summed E-state index contributed by atoms with van der Waals surface area (Å²) in [5.74, 6) is -1.10. The van der Waals surface area contributed by atoms with E-state index in [1.54, 1.807) is 0 Å². The SMILES string of the molecule is N[C@H](C(=O)O)C1COC2Nc3ccccc3C21. The molecule has 4 atom stereocenters. The summed E-state index contributed by atoms with van der Waals surface area (Å²) in [4.78, 5) is 11.0. The van der Waals surface area contributed by atoms with Gasteiger partial charge in [0.1, 0.15) is 12.3 Å². The quantitative estimate of drug-likeness (QED) is 0.697. The number of para-hydroxylation sites is 1. The number of carbonyl (C=O) groups is 1. The van der Waals surface area contributed by atoms with Crippen molar-refractivity contribution in [1.82, 2.24) is 0 Å². The molecular formula is C12H14N2O3. The van der Waals surface area contributed by atoms with Gasteiger partial charge in [0.05, 0.1) is 6.61 Å². The van der Waals surface area contributed by atoms with Gasteiger partial charge in [-0.2, -0.15) is 0 Å². The van der Waals surface area contributed by atoms with E-state index in [1.807, 2.05) is 24.3 Å². The maximum atomic E-state index is 11.0. The van der Waals surface area contributed by atoms with E-state index in [2.05, 4.69) is 5.32 Å². The number of hydrogen-bond acceptors (Lipinski definition) is 4. The average molecular weight is 234 g/mol. The van der Waals surface area contributed by atoms with Gasteiger partial charge < -0.3 is 20.9 Å². The number of anilines is 1. The van der Waals surface area contributed by atoms with Crippen LogP contribution in [0.25, 0.3) is 0 Å². The Morgan fingerprint density at radius 2 is 2.29 bits per heavy atom. The highest BCUT2D eigenvalue weighted by atomic mass is 16.5. The van der Waals surface area contributed by atoms with Gasteiger partial charge in [-0.25, -0.2) is 0 Å². The molecule has 5 heteroatoms. The van der Waals surface area contributed by atoms with Crippen LogP contribution >= 0.6 is 0 Å². The zero-order valence-electron chi connectivity index (χ0n) is 9.17. The highest BCUT2D eigenvalue weighted by Crippen LogP contribution is 2.45. The van der Waals surface area contributed by atoms with Crippen LogP contribution in [0.4, 0.5) is 5.69 Å². The summed E-state index contributed by atoms with van der Waals surface area (Å²) in [5.41, 5.74) is 7.85. The van der Waals surface area contributed by atoms with Gasteiger partial charge in [0.2, 0.25) is 0 Å². The number of nitrogens with one attached hydrogen (secondary N) is 1. The van der Waals surface area contributed by atoms with Crippen molar-refractivity contribution in [3.05, 3.63) is 29.8 Å². The molecule has 0 radical (unpaired) electrons. The minimum atomic E-state index is -0.969. The third kappa shape index (κ3) is 1.50. The number of carboxylic acids is 1. The van der Waals surface area contributed by atoms with Crippen molar-refractivity contribution in [1.29, 1.82) is 0 Å². The molecule has 1 fully saturated rings. The summed E-state index contributed by atoms with van der Waals surface area (Å²) in [7, 11) is 0. The van der Waals surface area contributed by atoms with Crippen LogP contribution in [0.15, 0.2) is 24.3 Å². The number of nitrogens with two attached hydrogens (primary N) is 1. The van der Waals surface area contributed by atoms with Crippen molar-refractivity contribution in [2.24, 2.45) is 11.7 Å². The Kier molecular flexibility index (Phi) is 2.31. The monoisotopic (exact) mass is 234 g/mol. The second-order valence-corrected chi connectivity index (χ2v) is 4.54. The number of ether oxygens (including phenoxy) is 1. The van der Waals surface area contributed by atoms with E-state index in [0.29, 0.717) is 6.61 Å². The molecule has 0 aromatic heterocycles. The van der Waals surface area contributed by atoms with E-state index in [-0.39, 0.29) is 18.1 Å². The Morgan fingerprint density at radius 1 is 1.53 bits per heavy atom. The van der Waals surface area contributed by atoms with Gasteiger partial charge in [-0.1, -0.05) is 18.2 Å². The smallest absolute Gasteiger partial charge is 0.320 e. The van der Waals surface area contributed by atoms with Gasteiger partial charge in [-0.3, -0.25) is 4.79 Å². The van der Waals surface area contributed by atoms with Crippen molar-refractivity contribution >= 4 is 11.7 Å². The maximum absolute atomic E-state index is 11.0. The second-order valence-electron chi connectivity index (χ2n) is 4.54. The molecule has 1 saturated heterocycles. The lowest BCUT2D eigenvalue weighted by Gasteiger charge is -2.20. The van der Waals surface area contributed by atoms with Crippen molar-refractivity contribution in [3.8, 4) is 0 Å². The minimum absolute atomic E-state index is 0.0392. The van der Waals surface area contributed by atoms with Crippen molar-refractivity contribution in [3.63, 3.8) is 0 Å². The molecule has 1 aromatic carbocycles. The summed E-state index contributed by atoms with van der Waals surface area (Å²) in [5, 5.41) is 12.3. The molecular weight excluding hydrogens is 220 g/mol. The summed E-state index contributed by atoms with van der Waals surface area (Å²) >= 11 is 0. The van der Waals surface area contributed by atoms with Crippen LogP contribution in [0.3, 0.4) is 0 Å². The average Bonchev–Trinajstić information content (AvgIpc) is 2.86. The molecule has 2 aliphatic heterocycles. The van der Waals surface area contributed by atoms with Crippen LogP contribution in [-0.4, -0.2) is 30.0 Å². The minimum Gasteiger partial charge on any atom is -0.480 e. The molecule has 0 spiro atoms. The predicted octanol–water partition coefficient (Wildman–Crippen LogP) is 0.580. The Balaban J connectivity index is 1.95. The summed E-state index contributed by atoms with van der Waals surface area (Å²) < 4.78 is 5.59. The second kappa shape index (κ2) is 3.72. The zero-order chi connectivity index (χ0) is 12.0. The van der Waals surface area contributed by atoms with Crippen molar-refractivity contribution in [2.75, 3.05) is 11.9 Å². The molecule has 0 bridgehead atoms. The Hall–Kier alpha value is -1.59. The lowest BCUT2D eigenvalue weighted by molar-refractivity contribution is -0.140. The first-order valence-electron chi connectivity index (χ1n) is 5.64. The van der Waals surface area contributed by atoms with Gasteiger partial charge in [0.25, 0.3) is 0 Å². The number of rotatable bonds is 2. The molecule has 2 aliphatic rings. The van der Waals surface area contributed by atoms with E-state index in [4.69, 9.17) is 15.6 Å². The van der Waals surface area contributed by atoms with E-state index in [1.165, 1.54) is 0 Å². The number of hydrogen-bond donors (Lipinski definition) is 3. The molecule has 5 nitrogen and oxygen atoms in total. The number of carboxylic acid groups (broad SMARTS) is 1. The molecule has 3 rings (SSSR count). The van der Waals surface area contributed by atoms with E-state index < -0.39 is 12.0 Å². The maximum Gasteiger partial charge on any atom is 0.320 e. The van der Waals surface area contributed by atoms with Crippen molar-refractivity contribution < 1.29 is 14.6 Å². The predicted molar refractivity (Wildman–Crippen MR) is 61.6 cm³/mol. The fraction of sp³-hybridized carbons (Fsp3) is 0.417. The highest BCUT2D eigenvalue weighted by molar-refractivity contribution is 5.74. The lowest BCUT2D eigenvalue weighted by atomic mass is 9.84. The lowest BCUT2D eigenvalue weighted by Crippen LogP contribution is -2.41. The van der Waals surface area contributed by atoms with Crippen molar-refractivity contribution in [2.45, 2.75) is 18.2 Å². The molecule has 90 valence electrons. The van der Waals surface area contributed by atoms with Gasteiger partial charge >= 0.3 is 5.97 Å². The van der Waals surface area contributed by atoms with Gasteiger partial charge in [0.15, 0.2) is 0 Å². The molecule has 1 aromatic rings. The van der Waals surface area contributed by atoms with Crippen LogP contribution in [-0.2, 0) is 9.53 Å². The van der Waals surface area contributed by atoms with Crippen LogP contribution in [0, 0.1) is 5.92 Å². The molecule has 3 unspecified atom stereocenters. The number of benzene rings is 1. The van der Waals surface area contributed by atoms with E-state index in [0.717, 1.165) is 11.3 Å². The first-order chi connectivity index (χ1) is 8.18. The van der Waals surface area contributed by atoms with Crippen LogP contribution in [0.2, 0.25) is 0 Å². The standard InChI is InChI=1S/C12H14N2O3/c13-10(12(15)16)7-5-17-11-9(7)6-3-1-2-4-8(6)14-11/h1-4,7,9-11,14H,5,13H2,(H,15,16)/t7?,9?,10-,11?/m0/s1. The Morgan fingerprint density at radius 3 is 3.06 bits per heavy atom. The third-order valence-corrected chi connectivity index (χ3v) is 3.62. The fourth-order valence-electron chi connectivity index (χ4n) is 2.75. The molecule has 4 N–H and O–H groups in total. The van der Waals surface area contributed by atoms with Crippen LogP contribution in [0.5, 0.6) is 0 Å². The van der Waals surface area contributed by atoms with Gasteiger partial charge in [0, 0.05) is 17.5 Å². The van der Waals surface area contributed by atoms with Crippen LogP contribution in [0.1, 0.15) is 11.5 Å². The largest absolute Gasteiger partial charge is 0.480 e. The van der Waals surface area contributed by atoms with E-state index in [9.17, 15) is 4.79 Å². The summed E-state index contributed by atoms with van der Waals surface area (Å²) in [6, 6.07) is 6.99. The number of aliphatic carboxylic acids is 1. The van der Waals surface area contributed by atoms with Crippen LogP contribution < -0.4 is 11.1 Å². The normalized spacial score (nSPS) is 31.5.